The standard InChI is InChI=1S/C14H19BrFN/c15-13-5-6-14(16)12(8-13)7-10-3-1-2-4-11(10)9-17/h5-6,8,10-11H,1-4,7,9,17H2. The van der Waals surface area contributed by atoms with Gasteiger partial charge in [-0.3, -0.25) is 0 Å². The number of halogens is 2. The Morgan fingerprint density at radius 3 is 2.65 bits per heavy atom. The van der Waals surface area contributed by atoms with E-state index in [9.17, 15) is 4.39 Å². The molecule has 0 saturated heterocycles. The van der Waals surface area contributed by atoms with Gasteiger partial charge in [-0.2, -0.15) is 0 Å². The van der Waals surface area contributed by atoms with Crippen LogP contribution in [0.15, 0.2) is 22.7 Å². The second-order valence-electron chi connectivity index (χ2n) is 4.98. The van der Waals surface area contributed by atoms with Gasteiger partial charge in [0.05, 0.1) is 0 Å². The number of hydrogen-bond acceptors (Lipinski definition) is 1. The van der Waals surface area contributed by atoms with Crippen LogP contribution < -0.4 is 5.73 Å². The van der Waals surface area contributed by atoms with Crippen LogP contribution in [0.1, 0.15) is 31.2 Å². The number of benzene rings is 1. The summed E-state index contributed by atoms with van der Waals surface area (Å²) in [4.78, 5) is 0. The molecule has 1 aromatic rings. The normalized spacial score (nSPS) is 24.9. The molecule has 1 saturated carbocycles. The van der Waals surface area contributed by atoms with Crippen LogP contribution in [0, 0.1) is 17.7 Å². The number of rotatable bonds is 3. The molecule has 3 heteroatoms. The Balaban J connectivity index is 2.10. The van der Waals surface area contributed by atoms with Crippen molar-refractivity contribution in [2.45, 2.75) is 32.1 Å². The molecule has 1 aromatic carbocycles. The highest BCUT2D eigenvalue weighted by atomic mass is 79.9. The maximum absolute atomic E-state index is 13.7. The molecule has 2 unspecified atom stereocenters. The van der Waals surface area contributed by atoms with Crippen molar-refractivity contribution in [3.8, 4) is 0 Å². The molecule has 0 aliphatic heterocycles. The maximum Gasteiger partial charge on any atom is 0.126 e. The highest BCUT2D eigenvalue weighted by molar-refractivity contribution is 9.10. The van der Waals surface area contributed by atoms with Gasteiger partial charge >= 0.3 is 0 Å². The first-order chi connectivity index (χ1) is 8.20. The van der Waals surface area contributed by atoms with Crippen LogP contribution in [0.3, 0.4) is 0 Å². The summed E-state index contributed by atoms with van der Waals surface area (Å²) in [5.41, 5.74) is 6.64. The molecular weight excluding hydrogens is 281 g/mol. The molecule has 2 atom stereocenters. The van der Waals surface area contributed by atoms with Crippen molar-refractivity contribution in [3.63, 3.8) is 0 Å². The Labute approximate surface area is 111 Å². The topological polar surface area (TPSA) is 26.0 Å². The van der Waals surface area contributed by atoms with Gasteiger partial charge in [0.2, 0.25) is 0 Å². The second kappa shape index (κ2) is 5.96. The van der Waals surface area contributed by atoms with E-state index < -0.39 is 0 Å². The number of nitrogens with two attached hydrogens (primary N) is 1. The second-order valence-corrected chi connectivity index (χ2v) is 5.90. The molecule has 1 fully saturated rings. The zero-order valence-electron chi connectivity index (χ0n) is 9.96. The molecule has 0 aromatic heterocycles. The molecule has 2 N–H and O–H groups in total. The van der Waals surface area contributed by atoms with Crippen LogP contribution >= 0.6 is 15.9 Å². The lowest BCUT2D eigenvalue weighted by molar-refractivity contribution is 0.240. The molecule has 2 rings (SSSR count). The quantitative estimate of drug-likeness (QED) is 0.900. The van der Waals surface area contributed by atoms with Gasteiger partial charge in [0.15, 0.2) is 0 Å². The van der Waals surface area contributed by atoms with E-state index in [4.69, 9.17) is 5.73 Å². The first-order valence-electron chi connectivity index (χ1n) is 6.34. The van der Waals surface area contributed by atoms with E-state index in [1.165, 1.54) is 25.7 Å². The molecular formula is C14H19BrFN. The van der Waals surface area contributed by atoms with E-state index in [0.29, 0.717) is 11.8 Å². The molecule has 0 radical (unpaired) electrons. The summed E-state index contributed by atoms with van der Waals surface area (Å²) in [6, 6.07) is 5.19. The summed E-state index contributed by atoms with van der Waals surface area (Å²) in [5, 5.41) is 0. The van der Waals surface area contributed by atoms with E-state index in [2.05, 4.69) is 15.9 Å². The highest BCUT2D eigenvalue weighted by Gasteiger charge is 2.24. The monoisotopic (exact) mass is 299 g/mol. The van der Waals surface area contributed by atoms with E-state index in [-0.39, 0.29) is 5.82 Å². The van der Waals surface area contributed by atoms with Crippen LogP contribution in [-0.4, -0.2) is 6.54 Å². The van der Waals surface area contributed by atoms with Crippen molar-refractivity contribution >= 4 is 15.9 Å². The van der Waals surface area contributed by atoms with Gasteiger partial charge in [-0.15, -0.1) is 0 Å². The van der Waals surface area contributed by atoms with Crippen LogP contribution in [0.2, 0.25) is 0 Å². The third-order valence-corrected chi connectivity index (χ3v) is 4.35. The van der Waals surface area contributed by atoms with Gasteiger partial charge in [0, 0.05) is 4.47 Å². The summed E-state index contributed by atoms with van der Waals surface area (Å²) >= 11 is 3.40. The Kier molecular flexibility index (Phi) is 4.57. The summed E-state index contributed by atoms with van der Waals surface area (Å²) in [6.45, 7) is 0.736. The Morgan fingerprint density at radius 2 is 1.94 bits per heavy atom. The van der Waals surface area contributed by atoms with Crippen molar-refractivity contribution in [3.05, 3.63) is 34.1 Å². The summed E-state index contributed by atoms with van der Waals surface area (Å²) in [6.07, 6.45) is 5.76. The van der Waals surface area contributed by atoms with Gasteiger partial charge in [-0.1, -0.05) is 28.8 Å². The molecule has 1 aliphatic carbocycles. The number of hydrogen-bond donors (Lipinski definition) is 1. The molecule has 1 nitrogen and oxygen atoms in total. The Morgan fingerprint density at radius 1 is 1.24 bits per heavy atom. The van der Waals surface area contributed by atoms with Crippen molar-refractivity contribution < 1.29 is 4.39 Å². The van der Waals surface area contributed by atoms with Crippen LogP contribution in [0.5, 0.6) is 0 Å². The van der Waals surface area contributed by atoms with Crippen LogP contribution in [0.4, 0.5) is 4.39 Å². The minimum atomic E-state index is -0.0884. The fourth-order valence-electron chi connectivity index (χ4n) is 2.85. The fraction of sp³-hybridized carbons (Fsp3) is 0.571. The van der Waals surface area contributed by atoms with Gasteiger partial charge < -0.3 is 5.73 Å². The van der Waals surface area contributed by atoms with E-state index in [1.807, 2.05) is 6.07 Å². The molecule has 0 bridgehead atoms. The summed E-state index contributed by atoms with van der Waals surface area (Å²) in [5.74, 6) is 1.04. The summed E-state index contributed by atoms with van der Waals surface area (Å²) in [7, 11) is 0. The van der Waals surface area contributed by atoms with Gasteiger partial charge in [-0.05, 0) is 61.4 Å². The largest absolute Gasteiger partial charge is 0.330 e. The third kappa shape index (κ3) is 3.29. The first kappa shape index (κ1) is 13.0. The predicted octanol–water partition coefficient (Wildman–Crippen LogP) is 3.90. The summed E-state index contributed by atoms with van der Waals surface area (Å²) < 4.78 is 14.7. The average molecular weight is 300 g/mol. The first-order valence-corrected chi connectivity index (χ1v) is 7.14. The van der Waals surface area contributed by atoms with Crippen molar-refractivity contribution in [2.24, 2.45) is 17.6 Å². The Bertz CT molecular complexity index is 380. The molecule has 17 heavy (non-hydrogen) atoms. The van der Waals surface area contributed by atoms with E-state index in [1.54, 1.807) is 12.1 Å². The van der Waals surface area contributed by atoms with Crippen molar-refractivity contribution in [2.75, 3.05) is 6.54 Å². The molecule has 0 amide bonds. The van der Waals surface area contributed by atoms with Crippen LogP contribution in [-0.2, 0) is 6.42 Å². The van der Waals surface area contributed by atoms with Crippen LogP contribution in [0.25, 0.3) is 0 Å². The van der Waals surface area contributed by atoms with E-state index in [0.717, 1.165) is 23.0 Å². The molecule has 0 heterocycles. The minimum Gasteiger partial charge on any atom is -0.330 e. The molecule has 0 spiro atoms. The zero-order valence-corrected chi connectivity index (χ0v) is 11.5. The lowest BCUT2D eigenvalue weighted by atomic mass is 9.76. The van der Waals surface area contributed by atoms with Crippen molar-refractivity contribution in [1.82, 2.24) is 0 Å². The van der Waals surface area contributed by atoms with E-state index >= 15 is 0 Å². The third-order valence-electron chi connectivity index (χ3n) is 3.86. The average Bonchev–Trinajstić information content (AvgIpc) is 2.34. The zero-order chi connectivity index (χ0) is 12.3. The van der Waals surface area contributed by atoms with Gasteiger partial charge in [0.1, 0.15) is 5.82 Å². The van der Waals surface area contributed by atoms with Gasteiger partial charge in [-0.25, -0.2) is 4.39 Å². The maximum atomic E-state index is 13.7. The minimum absolute atomic E-state index is 0.0884. The lowest BCUT2D eigenvalue weighted by Gasteiger charge is -2.30. The lowest BCUT2D eigenvalue weighted by Crippen LogP contribution is -2.28. The molecule has 94 valence electrons. The smallest absolute Gasteiger partial charge is 0.126 e. The Hall–Kier alpha value is -0.410. The van der Waals surface area contributed by atoms with Gasteiger partial charge in [0.25, 0.3) is 0 Å². The SMILES string of the molecule is NCC1CCCCC1Cc1cc(Br)ccc1F. The van der Waals surface area contributed by atoms with Crippen molar-refractivity contribution in [1.29, 1.82) is 0 Å². The molecule has 1 aliphatic rings. The predicted molar refractivity (Wildman–Crippen MR) is 72.3 cm³/mol. The highest BCUT2D eigenvalue weighted by Crippen LogP contribution is 2.32. The fourth-order valence-corrected chi connectivity index (χ4v) is 3.25.